The van der Waals surface area contributed by atoms with Gasteiger partial charge in [-0.2, -0.15) is 5.26 Å². The zero-order valence-corrected chi connectivity index (χ0v) is 10.1. The highest BCUT2D eigenvalue weighted by molar-refractivity contribution is 5.57. The van der Waals surface area contributed by atoms with Crippen LogP contribution in [0.25, 0.3) is 0 Å². The van der Waals surface area contributed by atoms with Gasteiger partial charge in [0.15, 0.2) is 6.29 Å². The minimum Gasteiger partial charge on any atom is -0.315 e. The normalized spacial score (nSPS) is 31.9. The predicted octanol–water partition coefficient (Wildman–Crippen LogP) is -0.159. The maximum atomic E-state index is 11.2. The van der Waals surface area contributed by atoms with E-state index in [9.17, 15) is 4.79 Å². The van der Waals surface area contributed by atoms with Gasteiger partial charge in [-0.15, -0.1) is 0 Å². The van der Waals surface area contributed by atoms with Crippen molar-refractivity contribution in [3.63, 3.8) is 0 Å². The Morgan fingerprint density at radius 1 is 1.47 bits per heavy atom. The molecule has 0 amide bonds. The molecule has 0 radical (unpaired) electrons. The van der Waals surface area contributed by atoms with Crippen molar-refractivity contribution in [1.29, 1.82) is 5.26 Å². The summed E-state index contributed by atoms with van der Waals surface area (Å²) in [5.74, 6) is 0. The smallest absolute Gasteiger partial charge is 0.151 e. The molecule has 2 aliphatic heterocycles. The van der Waals surface area contributed by atoms with E-state index in [0.717, 1.165) is 51.6 Å². The van der Waals surface area contributed by atoms with Gasteiger partial charge in [-0.1, -0.05) is 0 Å². The van der Waals surface area contributed by atoms with Crippen LogP contribution in [0.5, 0.6) is 0 Å². The van der Waals surface area contributed by atoms with Crippen LogP contribution in [0.2, 0.25) is 0 Å². The summed E-state index contributed by atoms with van der Waals surface area (Å²) in [6.07, 6.45) is 4.77. The number of nitriles is 1. The highest BCUT2D eigenvalue weighted by Gasteiger charge is 2.31. The number of nitrogens with zero attached hydrogens (tertiary/aromatic N) is 2. The molecular weight excluding hydrogens is 216 g/mol. The van der Waals surface area contributed by atoms with Crippen LogP contribution in [0.4, 0.5) is 0 Å². The summed E-state index contributed by atoms with van der Waals surface area (Å²) < 4.78 is 0. The third-order valence-electron chi connectivity index (χ3n) is 3.63. The number of carbonyl (C=O) groups is 1. The van der Waals surface area contributed by atoms with Gasteiger partial charge in [-0.3, -0.25) is 10.2 Å². The summed E-state index contributed by atoms with van der Waals surface area (Å²) in [6, 6.07) is 2.52. The molecule has 94 valence electrons. The first-order valence-electron chi connectivity index (χ1n) is 6.42. The summed E-state index contributed by atoms with van der Waals surface area (Å²) in [5, 5.41) is 15.7. The van der Waals surface area contributed by atoms with Crippen LogP contribution in [0.3, 0.4) is 0 Å². The average molecular weight is 236 g/mol. The Hall–Kier alpha value is -0.960. The van der Waals surface area contributed by atoms with Crippen LogP contribution in [0.1, 0.15) is 25.7 Å². The van der Waals surface area contributed by atoms with Crippen molar-refractivity contribution >= 4 is 6.29 Å². The van der Waals surface area contributed by atoms with Crippen molar-refractivity contribution < 1.29 is 4.79 Å². The third-order valence-corrected chi connectivity index (χ3v) is 3.63. The fraction of sp³-hybridized carbons (Fsp3) is 0.833. The molecule has 0 aromatic heterocycles. The minimum atomic E-state index is -0.299. The number of nitrogens with one attached hydrogen (secondary N) is 2. The molecule has 5 nitrogen and oxygen atoms in total. The summed E-state index contributed by atoms with van der Waals surface area (Å²) in [7, 11) is 0. The van der Waals surface area contributed by atoms with Gasteiger partial charge in [0.05, 0.1) is 12.1 Å². The van der Waals surface area contributed by atoms with Crippen LogP contribution in [0, 0.1) is 11.3 Å². The fourth-order valence-corrected chi connectivity index (χ4v) is 2.71. The van der Waals surface area contributed by atoms with Gasteiger partial charge in [0, 0.05) is 19.1 Å². The number of piperidine rings is 1. The van der Waals surface area contributed by atoms with Crippen molar-refractivity contribution in [1.82, 2.24) is 15.5 Å². The molecule has 0 spiro atoms. The molecule has 2 saturated heterocycles. The summed E-state index contributed by atoms with van der Waals surface area (Å²) >= 11 is 0. The van der Waals surface area contributed by atoms with Gasteiger partial charge in [-0.25, -0.2) is 0 Å². The van der Waals surface area contributed by atoms with Gasteiger partial charge < -0.3 is 10.1 Å². The number of hydrogen-bond acceptors (Lipinski definition) is 5. The number of aldehydes is 1. The van der Waals surface area contributed by atoms with Gasteiger partial charge >= 0.3 is 0 Å². The van der Waals surface area contributed by atoms with Gasteiger partial charge in [-0.05, 0) is 32.2 Å². The van der Waals surface area contributed by atoms with Crippen LogP contribution >= 0.6 is 0 Å². The molecule has 0 aromatic rings. The quantitative estimate of drug-likeness (QED) is 0.664. The first-order valence-corrected chi connectivity index (χ1v) is 6.42. The Morgan fingerprint density at radius 2 is 2.35 bits per heavy atom. The van der Waals surface area contributed by atoms with E-state index in [4.69, 9.17) is 5.26 Å². The van der Waals surface area contributed by atoms with E-state index < -0.39 is 0 Å². The molecule has 17 heavy (non-hydrogen) atoms. The standard InChI is InChI=1S/C12H20N4O/c13-7-11-4-2-6-16(11)12(9-17)15-10-3-1-5-14-8-10/h9-12,14-15H,1-6,8H2. The Balaban J connectivity index is 1.91. The molecule has 0 aromatic carbocycles. The second-order valence-corrected chi connectivity index (χ2v) is 4.82. The average Bonchev–Trinajstić information content (AvgIpc) is 2.85. The second-order valence-electron chi connectivity index (χ2n) is 4.82. The number of rotatable bonds is 4. The Labute approximate surface area is 102 Å². The van der Waals surface area contributed by atoms with Gasteiger partial charge in [0.1, 0.15) is 6.17 Å². The van der Waals surface area contributed by atoms with Crippen molar-refractivity contribution in [2.75, 3.05) is 19.6 Å². The minimum absolute atomic E-state index is 0.103. The van der Waals surface area contributed by atoms with Crippen molar-refractivity contribution in [2.24, 2.45) is 0 Å². The maximum absolute atomic E-state index is 11.2. The van der Waals surface area contributed by atoms with Crippen LogP contribution in [-0.4, -0.2) is 49.1 Å². The molecular formula is C12H20N4O. The Bertz CT molecular complexity index is 295. The third kappa shape index (κ3) is 3.03. The van der Waals surface area contributed by atoms with Crippen LogP contribution in [-0.2, 0) is 4.79 Å². The number of carbonyl (C=O) groups excluding carboxylic acids is 1. The first kappa shape index (κ1) is 12.5. The fourth-order valence-electron chi connectivity index (χ4n) is 2.71. The van der Waals surface area contributed by atoms with E-state index in [1.807, 2.05) is 4.90 Å². The summed E-state index contributed by atoms with van der Waals surface area (Å²) in [6.45, 7) is 2.82. The first-order chi connectivity index (χ1) is 8.35. The van der Waals surface area contributed by atoms with Crippen molar-refractivity contribution in [3.05, 3.63) is 0 Å². The van der Waals surface area contributed by atoms with Crippen molar-refractivity contribution in [2.45, 2.75) is 43.9 Å². The van der Waals surface area contributed by atoms with E-state index in [-0.39, 0.29) is 12.2 Å². The number of hydrogen-bond donors (Lipinski definition) is 2. The molecule has 2 aliphatic rings. The molecule has 2 heterocycles. The molecule has 2 fully saturated rings. The molecule has 0 aliphatic carbocycles. The Morgan fingerprint density at radius 3 is 3.00 bits per heavy atom. The summed E-state index contributed by atoms with van der Waals surface area (Å²) in [5.41, 5.74) is 0. The van der Waals surface area contributed by atoms with E-state index >= 15 is 0 Å². The summed E-state index contributed by atoms with van der Waals surface area (Å²) in [4.78, 5) is 13.2. The molecule has 0 bridgehead atoms. The topological polar surface area (TPSA) is 68.2 Å². The van der Waals surface area contributed by atoms with E-state index in [0.29, 0.717) is 6.04 Å². The SMILES string of the molecule is N#CC1CCCN1C(C=O)NC1CCCNC1. The zero-order chi connectivity index (χ0) is 12.1. The molecule has 3 atom stereocenters. The van der Waals surface area contributed by atoms with Crippen molar-refractivity contribution in [3.8, 4) is 6.07 Å². The molecule has 2 N–H and O–H groups in total. The van der Waals surface area contributed by atoms with E-state index in [1.54, 1.807) is 0 Å². The second kappa shape index (κ2) is 6.10. The van der Waals surface area contributed by atoms with Gasteiger partial charge in [0.25, 0.3) is 0 Å². The highest BCUT2D eigenvalue weighted by Crippen LogP contribution is 2.18. The number of likely N-dealkylation sites (tertiary alicyclic amines) is 1. The van der Waals surface area contributed by atoms with Crippen LogP contribution in [0.15, 0.2) is 0 Å². The zero-order valence-electron chi connectivity index (χ0n) is 10.1. The lowest BCUT2D eigenvalue weighted by Gasteiger charge is -2.32. The van der Waals surface area contributed by atoms with Gasteiger partial charge in [0.2, 0.25) is 0 Å². The molecule has 0 saturated carbocycles. The molecule has 3 unspecified atom stereocenters. The lowest BCUT2D eigenvalue weighted by molar-refractivity contribution is -0.113. The largest absolute Gasteiger partial charge is 0.315 e. The van der Waals surface area contributed by atoms with E-state index in [2.05, 4.69) is 16.7 Å². The van der Waals surface area contributed by atoms with Crippen LogP contribution < -0.4 is 10.6 Å². The predicted molar refractivity (Wildman–Crippen MR) is 64.2 cm³/mol. The lowest BCUT2D eigenvalue weighted by atomic mass is 10.1. The monoisotopic (exact) mass is 236 g/mol. The molecule has 2 rings (SSSR count). The lowest BCUT2D eigenvalue weighted by Crippen LogP contribution is -2.55. The van der Waals surface area contributed by atoms with E-state index in [1.165, 1.54) is 0 Å². The molecule has 5 heteroatoms. The highest BCUT2D eigenvalue weighted by atomic mass is 16.1. The Kier molecular flexibility index (Phi) is 4.49. The maximum Gasteiger partial charge on any atom is 0.151 e.